The predicted octanol–water partition coefficient (Wildman–Crippen LogP) is 1.28. The Morgan fingerprint density at radius 1 is 1.19 bits per heavy atom. The third-order valence-electron chi connectivity index (χ3n) is 2.93. The topological polar surface area (TPSA) is 88.8 Å². The molecule has 0 saturated heterocycles. The van der Waals surface area contributed by atoms with E-state index in [1.54, 1.807) is 36.4 Å². The molecule has 2 aromatic rings. The molecule has 0 unspecified atom stereocenters. The number of aliphatic hydroxyl groups is 1. The van der Waals surface area contributed by atoms with E-state index in [1.165, 1.54) is 19.4 Å². The van der Waals surface area contributed by atoms with Crippen LogP contribution in [0.5, 0.6) is 0 Å². The Bertz CT molecular complexity index is 594. The van der Waals surface area contributed by atoms with E-state index >= 15 is 0 Å². The normalized spacial score (nSPS) is 13.2. The smallest absolute Gasteiger partial charge is 0.331 e. The molecule has 0 spiro atoms. The lowest BCUT2D eigenvalue weighted by atomic mass is 10.1. The monoisotopic (exact) mass is 289 g/mol. The van der Waals surface area contributed by atoms with Gasteiger partial charge < -0.3 is 19.6 Å². The van der Waals surface area contributed by atoms with E-state index in [1.807, 2.05) is 0 Å². The molecule has 1 heterocycles. The van der Waals surface area contributed by atoms with Crippen molar-refractivity contribution < 1.29 is 23.8 Å². The van der Waals surface area contributed by atoms with E-state index in [-0.39, 0.29) is 5.76 Å². The summed E-state index contributed by atoms with van der Waals surface area (Å²) in [6.45, 7) is 0. The van der Waals surface area contributed by atoms with Crippen LogP contribution in [0.1, 0.15) is 22.2 Å². The molecule has 0 aliphatic rings. The van der Waals surface area contributed by atoms with Crippen molar-refractivity contribution in [2.75, 3.05) is 7.11 Å². The summed E-state index contributed by atoms with van der Waals surface area (Å²) < 4.78 is 9.66. The third-order valence-corrected chi connectivity index (χ3v) is 2.93. The molecular formula is C15H15NO5. The van der Waals surface area contributed by atoms with Crippen LogP contribution in [0.4, 0.5) is 0 Å². The van der Waals surface area contributed by atoms with Crippen molar-refractivity contribution in [2.45, 2.75) is 12.1 Å². The van der Waals surface area contributed by atoms with Gasteiger partial charge in [0.05, 0.1) is 13.4 Å². The highest BCUT2D eigenvalue weighted by Crippen LogP contribution is 2.18. The molecule has 6 nitrogen and oxygen atoms in total. The van der Waals surface area contributed by atoms with Gasteiger partial charge in [0.15, 0.2) is 6.04 Å². The van der Waals surface area contributed by atoms with Gasteiger partial charge in [-0.2, -0.15) is 0 Å². The van der Waals surface area contributed by atoms with Crippen molar-refractivity contribution in [3.8, 4) is 0 Å². The fraction of sp³-hybridized carbons (Fsp3) is 0.200. The molecule has 1 amide bonds. The van der Waals surface area contributed by atoms with Gasteiger partial charge in [0.1, 0.15) is 11.9 Å². The van der Waals surface area contributed by atoms with Crippen molar-refractivity contribution in [1.82, 2.24) is 5.32 Å². The Labute approximate surface area is 121 Å². The number of ether oxygens (including phenoxy) is 1. The van der Waals surface area contributed by atoms with Gasteiger partial charge in [0.2, 0.25) is 0 Å². The molecule has 1 aromatic heterocycles. The summed E-state index contributed by atoms with van der Waals surface area (Å²) in [5, 5.41) is 12.6. The summed E-state index contributed by atoms with van der Waals surface area (Å²) in [7, 11) is 1.18. The minimum Gasteiger partial charge on any atom is -0.467 e. The average Bonchev–Trinajstić information content (AvgIpc) is 3.06. The van der Waals surface area contributed by atoms with Crippen molar-refractivity contribution in [1.29, 1.82) is 0 Å². The van der Waals surface area contributed by atoms with Gasteiger partial charge in [0.25, 0.3) is 5.91 Å². The van der Waals surface area contributed by atoms with Crippen LogP contribution in [0, 0.1) is 0 Å². The Balaban J connectivity index is 2.17. The molecule has 0 saturated carbocycles. The van der Waals surface area contributed by atoms with E-state index in [9.17, 15) is 14.7 Å². The second kappa shape index (κ2) is 6.71. The molecule has 0 radical (unpaired) electrons. The molecule has 0 bridgehead atoms. The highest BCUT2D eigenvalue weighted by molar-refractivity contribution is 5.96. The molecule has 1 aromatic carbocycles. The van der Waals surface area contributed by atoms with Gasteiger partial charge in [-0.1, -0.05) is 18.2 Å². The first kappa shape index (κ1) is 14.8. The predicted molar refractivity (Wildman–Crippen MR) is 73.4 cm³/mol. The first-order valence-electron chi connectivity index (χ1n) is 6.28. The van der Waals surface area contributed by atoms with E-state index in [0.29, 0.717) is 5.56 Å². The first-order chi connectivity index (χ1) is 10.1. The highest BCUT2D eigenvalue weighted by Gasteiger charge is 2.32. The largest absolute Gasteiger partial charge is 0.467 e. The van der Waals surface area contributed by atoms with Crippen molar-refractivity contribution >= 4 is 11.9 Å². The second-order valence-electron chi connectivity index (χ2n) is 4.30. The number of amides is 1. The second-order valence-corrected chi connectivity index (χ2v) is 4.30. The maximum atomic E-state index is 12.1. The zero-order chi connectivity index (χ0) is 15.2. The number of carbonyl (C=O) groups excluding carboxylic acids is 2. The lowest BCUT2D eigenvalue weighted by Gasteiger charge is -2.20. The van der Waals surface area contributed by atoms with Gasteiger partial charge in [-0.05, 0) is 24.3 Å². The molecule has 110 valence electrons. The number of furan rings is 1. The number of aliphatic hydroxyl groups excluding tert-OH is 1. The number of hydrogen-bond donors (Lipinski definition) is 2. The molecule has 0 aliphatic heterocycles. The molecular weight excluding hydrogens is 274 g/mol. The summed E-state index contributed by atoms with van der Waals surface area (Å²) in [5.41, 5.74) is 0.373. The first-order valence-corrected chi connectivity index (χ1v) is 6.28. The van der Waals surface area contributed by atoms with Crippen LogP contribution < -0.4 is 5.32 Å². The number of benzene rings is 1. The van der Waals surface area contributed by atoms with Gasteiger partial charge >= 0.3 is 5.97 Å². The molecule has 21 heavy (non-hydrogen) atoms. The number of esters is 1. The minimum atomic E-state index is -1.33. The summed E-state index contributed by atoms with van der Waals surface area (Å²) in [6, 6.07) is 10.2. The van der Waals surface area contributed by atoms with Crippen LogP contribution in [0.3, 0.4) is 0 Å². The number of methoxy groups -OCH3 is 1. The maximum absolute atomic E-state index is 12.1. The van der Waals surface area contributed by atoms with Crippen LogP contribution in [0.15, 0.2) is 53.1 Å². The van der Waals surface area contributed by atoms with E-state index < -0.39 is 24.0 Å². The van der Waals surface area contributed by atoms with Gasteiger partial charge in [0, 0.05) is 5.56 Å². The maximum Gasteiger partial charge on any atom is 0.331 e. The van der Waals surface area contributed by atoms with E-state index in [2.05, 4.69) is 10.1 Å². The van der Waals surface area contributed by atoms with Gasteiger partial charge in [-0.15, -0.1) is 0 Å². The van der Waals surface area contributed by atoms with Crippen molar-refractivity contribution in [2.24, 2.45) is 0 Å². The lowest BCUT2D eigenvalue weighted by molar-refractivity contribution is -0.146. The van der Waals surface area contributed by atoms with Crippen LogP contribution in [0.25, 0.3) is 0 Å². The number of nitrogens with one attached hydrogen (secondary N) is 1. The Morgan fingerprint density at radius 3 is 2.48 bits per heavy atom. The third kappa shape index (κ3) is 3.49. The summed E-state index contributed by atoms with van der Waals surface area (Å²) in [5.74, 6) is -1.08. The minimum absolute atomic E-state index is 0.166. The quantitative estimate of drug-likeness (QED) is 0.810. The Morgan fingerprint density at radius 2 is 1.90 bits per heavy atom. The molecule has 6 heteroatoms. The van der Waals surface area contributed by atoms with Gasteiger partial charge in [-0.25, -0.2) is 4.79 Å². The summed E-state index contributed by atoms with van der Waals surface area (Å²) >= 11 is 0. The zero-order valence-electron chi connectivity index (χ0n) is 11.4. The fourth-order valence-corrected chi connectivity index (χ4v) is 1.83. The van der Waals surface area contributed by atoms with E-state index in [0.717, 1.165) is 0 Å². The Kier molecular flexibility index (Phi) is 4.73. The molecule has 2 N–H and O–H groups in total. The standard InChI is InChI=1S/C15H15NO5/c1-20-15(19)12(13(17)11-8-5-9-21-11)16-14(18)10-6-3-2-4-7-10/h2-9,12-13,17H,1H3,(H,16,18)/t12-,13+/m1/s1. The van der Waals surface area contributed by atoms with Crippen LogP contribution in [-0.2, 0) is 9.53 Å². The fourth-order valence-electron chi connectivity index (χ4n) is 1.83. The van der Waals surface area contributed by atoms with Crippen LogP contribution in [0.2, 0.25) is 0 Å². The average molecular weight is 289 g/mol. The zero-order valence-corrected chi connectivity index (χ0v) is 11.4. The summed E-state index contributed by atoms with van der Waals surface area (Å²) in [6.07, 6.45) is 0.0337. The van der Waals surface area contributed by atoms with Crippen LogP contribution >= 0.6 is 0 Å². The number of carbonyl (C=O) groups is 2. The van der Waals surface area contributed by atoms with Crippen molar-refractivity contribution in [3.63, 3.8) is 0 Å². The number of hydrogen-bond acceptors (Lipinski definition) is 5. The molecule has 2 rings (SSSR count). The van der Waals surface area contributed by atoms with Gasteiger partial charge in [-0.3, -0.25) is 4.79 Å². The highest BCUT2D eigenvalue weighted by atomic mass is 16.5. The molecule has 2 atom stereocenters. The lowest BCUT2D eigenvalue weighted by Crippen LogP contribution is -2.45. The van der Waals surface area contributed by atoms with Crippen LogP contribution in [-0.4, -0.2) is 30.1 Å². The number of rotatable bonds is 5. The molecule has 0 fully saturated rings. The van der Waals surface area contributed by atoms with E-state index in [4.69, 9.17) is 4.42 Å². The molecule has 0 aliphatic carbocycles. The Hall–Kier alpha value is -2.60. The van der Waals surface area contributed by atoms with Crippen molar-refractivity contribution in [3.05, 3.63) is 60.1 Å². The summed E-state index contributed by atoms with van der Waals surface area (Å²) in [4.78, 5) is 23.9. The SMILES string of the molecule is COC(=O)[C@H](NC(=O)c1ccccc1)[C@@H](O)c1ccco1.